The van der Waals surface area contributed by atoms with Crippen LogP contribution in [0.15, 0.2) is 42.5 Å². The summed E-state index contributed by atoms with van der Waals surface area (Å²) in [5, 5.41) is 12.0. The molecule has 134 valence electrons. The first-order valence-corrected chi connectivity index (χ1v) is 8.24. The molecule has 0 saturated carbocycles. The van der Waals surface area contributed by atoms with E-state index in [0.717, 1.165) is 0 Å². The molecule has 0 aliphatic heterocycles. The summed E-state index contributed by atoms with van der Waals surface area (Å²) in [7, 11) is 1.51. The van der Waals surface area contributed by atoms with E-state index in [4.69, 9.17) is 21.6 Å². The fourth-order valence-electron chi connectivity index (χ4n) is 2.37. The van der Waals surface area contributed by atoms with Gasteiger partial charge < -0.3 is 15.0 Å². The van der Waals surface area contributed by atoms with Crippen LogP contribution in [0, 0.1) is 11.3 Å². The van der Waals surface area contributed by atoms with Crippen LogP contribution in [0.25, 0.3) is 0 Å². The lowest BCUT2D eigenvalue weighted by molar-refractivity contribution is -0.117. The number of nitriles is 1. The summed E-state index contributed by atoms with van der Waals surface area (Å²) in [6, 6.07) is 13.6. The Morgan fingerprint density at radius 3 is 2.46 bits per heavy atom. The van der Waals surface area contributed by atoms with Crippen molar-refractivity contribution in [2.24, 2.45) is 0 Å². The molecule has 2 aromatic carbocycles. The number of nitrogens with zero attached hydrogens (tertiary/aromatic N) is 2. The predicted octanol–water partition coefficient (Wildman–Crippen LogP) is 3.60. The van der Waals surface area contributed by atoms with Crippen LogP contribution in [-0.4, -0.2) is 25.5 Å². The molecule has 0 saturated heterocycles. The zero-order chi connectivity index (χ0) is 19.1. The van der Waals surface area contributed by atoms with Crippen molar-refractivity contribution in [1.82, 2.24) is 0 Å². The maximum atomic E-state index is 12.2. The molecule has 0 unspecified atom stereocenters. The van der Waals surface area contributed by atoms with Gasteiger partial charge in [0.25, 0.3) is 0 Å². The molecule has 0 atom stereocenters. The highest BCUT2D eigenvalue weighted by Crippen LogP contribution is 2.27. The number of halogens is 1. The van der Waals surface area contributed by atoms with Gasteiger partial charge in [-0.25, -0.2) is 0 Å². The number of rotatable bonds is 6. The van der Waals surface area contributed by atoms with Gasteiger partial charge >= 0.3 is 0 Å². The van der Waals surface area contributed by atoms with E-state index in [0.29, 0.717) is 27.7 Å². The lowest BCUT2D eigenvalue weighted by Gasteiger charge is -2.21. The van der Waals surface area contributed by atoms with Crippen LogP contribution in [0.4, 0.5) is 11.4 Å². The first-order chi connectivity index (χ1) is 12.4. The topological polar surface area (TPSA) is 82.4 Å². The Morgan fingerprint density at radius 1 is 1.23 bits per heavy atom. The lowest BCUT2D eigenvalue weighted by atomic mass is 10.2. The number of carbonyl (C=O) groups is 2. The van der Waals surface area contributed by atoms with E-state index in [1.54, 1.807) is 42.5 Å². The van der Waals surface area contributed by atoms with Crippen molar-refractivity contribution in [2.45, 2.75) is 13.3 Å². The van der Waals surface area contributed by atoms with Gasteiger partial charge in [-0.3, -0.25) is 9.59 Å². The number of amides is 2. The van der Waals surface area contributed by atoms with E-state index >= 15 is 0 Å². The van der Waals surface area contributed by atoms with Crippen molar-refractivity contribution in [3.63, 3.8) is 0 Å². The van der Waals surface area contributed by atoms with Gasteiger partial charge in [-0.1, -0.05) is 11.6 Å². The first kappa shape index (κ1) is 19.3. The van der Waals surface area contributed by atoms with E-state index < -0.39 is 0 Å². The van der Waals surface area contributed by atoms with Gasteiger partial charge in [-0.05, 0) is 42.5 Å². The molecule has 26 heavy (non-hydrogen) atoms. The fraction of sp³-hybridized carbons (Fsp3) is 0.211. The lowest BCUT2D eigenvalue weighted by Crippen LogP contribution is -2.31. The van der Waals surface area contributed by atoms with Gasteiger partial charge in [0.1, 0.15) is 5.75 Å². The molecule has 7 heteroatoms. The van der Waals surface area contributed by atoms with Crippen molar-refractivity contribution < 1.29 is 14.3 Å². The van der Waals surface area contributed by atoms with E-state index in [-0.39, 0.29) is 24.8 Å². The molecule has 0 aliphatic rings. The third-order valence-electron chi connectivity index (χ3n) is 3.69. The van der Waals surface area contributed by atoms with Gasteiger partial charge in [0.05, 0.1) is 23.8 Å². The number of methoxy groups -OCH3 is 1. The summed E-state index contributed by atoms with van der Waals surface area (Å²) in [6.07, 6.45) is 0.114. The second kappa shape index (κ2) is 8.88. The Balaban J connectivity index is 2.00. The minimum atomic E-state index is -0.244. The van der Waals surface area contributed by atoms with Crippen LogP contribution in [0.5, 0.6) is 5.75 Å². The Kier molecular flexibility index (Phi) is 6.59. The van der Waals surface area contributed by atoms with Crippen LogP contribution in [0.3, 0.4) is 0 Å². The Labute approximate surface area is 156 Å². The zero-order valence-electron chi connectivity index (χ0n) is 14.5. The summed E-state index contributed by atoms with van der Waals surface area (Å²) >= 11 is 6.03. The molecule has 0 spiro atoms. The fourth-order valence-corrected chi connectivity index (χ4v) is 2.62. The largest absolute Gasteiger partial charge is 0.495 e. The van der Waals surface area contributed by atoms with Crippen LogP contribution in [0.1, 0.15) is 18.9 Å². The smallest absolute Gasteiger partial charge is 0.226 e. The Morgan fingerprint density at radius 2 is 1.92 bits per heavy atom. The van der Waals surface area contributed by atoms with Crippen molar-refractivity contribution in [1.29, 1.82) is 5.26 Å². The third-order valence-corrected chi connectivity index (χ3v) is 3.98. The molecule has 0 heterocycles. The molecule has 2 amide bonds. The minimum absolute atomic E-state index is 0.114. The number of anilines is 2. The molecule has 2 rings (SSSR count). The number of benzene rings is 2. The van der Waals surface area contributed by atoms with Crippen molar-refractivity contribution >= 4 is 34.8 Å². The number of hydrogen-bond acceptors (Lipinski definition) is 4. The van der Waals surface area contributed by atoms with E-state index in [1.807, 2.05) is 6.07 Å². The molecule has 0 aliphatic carbocycles. The molecule has 6 nitrogen and oxygen atoms in total. The van der Waals surface area contributed by atoms with Crippen LogP contribution < -0.4 is 15.0 Å². The third kappa shape index (κ3) is 4.98. The summed E-state index contributed by atoms with van der Waals surface area (Å²) in [6.45, 7) is 1.65. The summed E-state index contributed by atoms with van der Waals surface area (Å²) < 4.78 is 5.07. The molecule has 0 bridgehead atoms. The Bertz CT molecular complexity index is 844. The van der Waals surface area contributed by atoms with Crippen molar-refractivity contribution in [3.05, 3.63) is 53.1 Å². The summed E-state index contributed by atoms with van der Waals surface area (Å²) in [4.78, 5) is 25.5. The maximum absolute atomic E-state index is 12.2. The van der Waals surface area contributed by atoms with Gasteiger partial charge in [-0.15, -0.1) is 0 Å². The van der Waals surface area contributed by atoms with Gasteiger partial charge in [0.2, 0.25) is 11.8 Å². The van der Waals surface area contributed by atoms with Crippen molar-refractivity contribution in [3.8, 4) is 11.8 Å². The number of nitrogens with one attached hydrogen (secondary N) is 1. The van der Waals surface area contributed by atoms with Gasteiger partial charge in [0, 0.05) is 31.3 Å². The minimum Gasteiger partial charge on any atom is -0.495 e. The molecule has 2 aromatic rings. The monoisotopic (exact) mass is 371 g/mol. The standard InChI is InChI=1S/C19H18ClN3O3/c1-13(24)23(16-6-3-14(12-21)4-7-16)10-9-19(25)22-15-5-8-18(26-2)17(20)11-15/h3-8,11H,9-10H2,1-2H3,(H,22,25). The summed E-state index contributed by atoms with van der Waals surface area (Å²) in [5.74, 6) is 0.0920. The van der Waals surface area contributed by atoms with Crippen LogP contribution >= 0.6 is 11.6 Å². The SMILES string of the molecule is COc1ccc(NC(=O)CCN(C(C)=O)c2ccc(C#N)cc2)cc1Cl. The van der Waals surface area contributed by atoms with Crippen molar-refractivity contribution in [2.75, 3.05) is 23.9 Å². The summed E-state index contributed by atoms with van der Waals surface area (Å²) in [5.41, 5.74) is 1.69. The zero-order valence-corrected chi connectivity index (χ0v) is 15.2. The van der Waals surface area contributed by atoms with Crippen LogP contribution in [-0.2, 0) is 9.59 Å². The average molecular weight is 372 g/mol. The number of ether oxygens (including phenoxy) is 1. The second-order valence-electron chi connectivity index (χ2n) is 5.48. The first-order valence-electron chi connectivity index (χ1n) is 7.86. The number of carbonyl (C=O) groups excluding carboxylic acids is 2. The highest BCUT2D eigenvalue weighted by molar-refractivity contribution is 6.32. The highest BCUT2D eigenvalue weighted by atomic mass is 35.5. The average Bonchev–Trinajstić information content (AvgIpc) is 2.62. The molecular formula is C19H18ClN3O3. The quantitative estimate of drug-likeness (QED) is 0.840. The molecule has 0 aromatic heterocycles. The van der Waals surface area contributed by atoms with E-state index in [9.17, 15) is 9.59 Å². The van der Waals surface area contributed by atoms with E-state index in [2.05, 4.69) is 5.32 Å². The molecule has 0 radical (unpaired) electrons. The molecule has 1 N–H and O–H groups in total. The van der Waals surface area contributed by atoms with Gasteiger partial charge in [-0.2, -0.15) is 5.26 Å². The van der Waals surface area contributed by atoms with Crippen LogP contribution in [0.2, 0.25) is 5.02 Å². The molecular weight excluding hydrogens is 354 g/mol. The molecule has 0 fully saturated rings. The number of hydrogen-bond donors (Lipinski definition) is 1. The second-order valence-corrected chi connectivity index (χ2v) is 5.88. The maximum Gasteiger partial charge on any atom is 0.226 e. The van der Waals surface area contributed by atoms with Gasteiger partial charge in [0.15, 0.2) is 0 Å². The highest BCUT2D eigenvalue weighted by Gasteiger charge is 2.14. The Hall–Kier alpha value is -3.04. The normalized spacial score (nSPS) is 9.92. The van der Waals surface area contributed by atoms with E-state index in [1.165, 1.54) is 18.9 Å². The predicted molar refractivity (Wildman–Crippen MR) is 100 cm³/mol.